The van der Waals surface area contributed by atoms with E-state index < -0.39 is 11.8 Å². The zero-order valence-corrected chi connectivity index (χ0v) is 10.8. The fourth-order valence-electron chi connectivity index (χ4n) is 1.58. The summed E-state index contributed by atoms with van der Waals surface area (Å²) in [4.78, 5) is 24.5. The van der Waals surface area contributed by atoms with E-state index in [9.17, 15) is 9.59 Å². The third-order valence-corrected chi connectivity index (χ3v) is 3.52. The number of amides is 2. The fourth-order valence-corrected chi connectivity index (χ4v) is 1.91. The van der Waals surface area contributed by atoms with Crippen LogP contribution in [0, 0.1) is 13.8 Å². The second-order valence-corrected chi connectivity index (χ2v) is 4.60. The topological polar surface area (TPSA) is 37.4 Å². The van der Waals surface area contributed by atoms with Crippen molar-refractivity contribution in [2.75, 3.05) is 4.90 Å². The SMILES string of the molecule is Cc1ccc(N2C(=O)C(Cl)=C(Cl)C2=O)cc1C. The molecule has 0 radical (unpaired) electrons. The predicted molar refractivity (Wildman–Crippen MR) is 67.1 cm³/mol. The molecular weight excluding hydrogens is 261 g/mol. The minimum atomic E-state index is -0.579. The number of anilines is 1. The molecule has 0 aromatic heterocycles. The van der Waals surface area contributed by atoms with Crippen molar-refractivity contribution >= 4 is 40.7 Å². The van der Waals surface area contributed by atoms with Gasteiger partial charge in [-0.1, -0.05) is 29.3 Å². The number of hydrogen-bond acceptors (Lipinski definition) is 2. The van der Waals surface area contributed by atoms with E-state index in [4.69, 9.17) is 23.2 Å². The van der Waals surface area contributed by atoms with E-state index in [1.807, 2.05) is 19.9 Å². The number of hydrogen-bond donors (Lipinski definition) is 0. The molecule has 0 N–H and O–H groups in total. The molecule has 3 nitrogen and oxygen atoms in total. The Balaban J connectivity index is 2.47. The molecule has 1 heterocycles. The lowest BCUT2D eigenvalue weighted by atomic mass is 10.1. The zero-order valence-electron chi connectivity index (χ0n) is 9.25. The number of imide groups is 1. The average Bonchev–Trinajstić information content (AvgIpc) is 2.48. The lowest BCUT2D eigenvalue weighted by Gasteiger charge is -2.15. The van der Waals surface area contributed by atoms with Crippen molar-refractivity contribution < 1.29 is 9.59 Å². The molecule has 0 aliphatic carbocycles. The van der Waals surface area contributed by atoms with Gasteiger partial charge < -0.3 is 0 Å². The van der Waals surface area contributed by atoms with Crippen LogP contribution in [0.25, 0.3) is 0 Å². The molecule has 0 saturated carbocycles. The maximum absolute atomic E-state index is 11.8. The fraction of sp³-hybridized carbons (Fsp3) is 0.167. The van der Waals surface area contributed by atoms with Gasteiger partial charge in [0.25, 0.3) is 11.8 Å². The standard InChI is InChI=1S/C12H9Cl2NO2/c1-6-3-4-8(5-7(6)2)15-11(16)9(13)10(14)12(15)17/h3-5H,1-2H3. The summed E-state index contributed by atoms with van der Waals surface area (Å²) in [5, 5.41) is -0.454. The van der Waals surface area contributed by atoms with Gasteiger partial charge in [0, 0.05) is 0 Å². The summed E-state index contributed by atoms with van der Waals surface area (Å²) in [6.45, 7) is 3.85. The molecule has 0 atom stereocenters. The number of carbonyl (C=O) groups is 2. The Hall–Kier alpha value is -1.32. The highest BCUT2D eigenvalue weighted by Crippen LogP contribution is 2.31. The summed E-state index contributed by atoms with van der Waals surface area (Å²) >= 11 is 11.3. The van der Waals surface area contributed by atoms with E-state index in [1.165, 1.54) is 0 Å². The van der Waals surface area contributed by atoms with Gasteiger partial charge in [-0.15, -0.1) is 0 Å². The number of nitrogens with zero attached hydrogens (tertiary/aromatic N) is 1. The number of halogens is 2. The van der Waals surface area contributed by atoms with Crippen LogP contribution in [0.1, 0.15) is 11.1 Å². The first kappa shape index (κ1) is 12.1. The predicted octanol–water partition coefficient (Wildman–Crippen LogP) is 2.87. The molecule has 0 fully saturated rings. The Labute approximate surface area is 109 Å². The van der Waals surface area contributed by atoms with Crippen LogP contribution in [-0.2, 0) is 9.59 Å². The Morgan fingerprint density at radius 3 is 1.94 bits per heavy atom. The minimum Gasteiger partial charge on any atom is -0.267 e. The van der Waals surface area contributed by atoms with Crippen LogP contribution < -0.4 is 4.90 Å². The largest absolute Gasteiger partial charge is 0.278 e. The summed E-state index contributed by atoms with van der Waals surface area (Å²) in [6.07, 6.45) is 0. The summed E-state index contributed by atoms with van der Waals surface area (Å²) in [7, 11) is 0. The van der Waals surface area contributed by atoms with Gasteiger partial charge in [-0.05, 0) is 37.1 Å². The van der Waals surface area contributed by atoms with Gasteiger partial charge in [-0.2, -0.15) is 0 Å². The van der Waals surface area contributed by atoms with E-state index in [1.54, 1.807) is 12.1 Å². The van der Waals surface area contributed by atoms with E-state index in [0.29, 0.717) is 5.69 Å². The van der Waals surface area contributed by atoms with Crippen LogP contribution in [0.2, 0.25) is 0 Å². The molecule has 0 saturated heterocycles. The van der Waals surface area contributed by atoms with Crippen LogP contribution in [-0.4, -0.2) is 11.8 Å². The summed E-state index contributed by atoms with van der Waals surface area (Å²) < 4.78 is 0. The van der Waals surface area contributed by atoms with Gasteiger partial charge in [0.15, 0.2) is 0 Å². The second-order valence-electron chi connectivity index (χ2n) is 3.84. The van der Waals surface area contributed by atoms with Crippen molar-refractivity contribution in [3.05, 3.63) is 39.4 Å². The maximum Gasteiger partial charge on any atom is 0.278 e. The first-order chi connectivity index (χ1) is 7.93. The van der Waals surface area contributed by atoms with Crippen molar-refractivity contribution in [1.29, 1.82) is 0 Å². The summed E-state index contributed by atoms with van der Waals surface area (Å²) in [5.41, 5.74) is 2.55. The molecule has 88 valence electrons. The molecule has 0 spiro atoms. The maximum atomic E-state index is 11.8. The summed E-state index contributed by atoms with van der Waals surface area (Å²) in [5.74, 6) is -1.16. The molecule has 17 heavy (non-hydrogen) atoms. The Morgan fingerprint density at radius 2 is 1.47 bits per heavy atom. The second kappa shape index (κ2) is 4.17. The van der Waals surface area contributed by atoms with Gasteiger partial charge in [0.05, 0.1) is 5.69 Å². The van der Waals surface area contributed by atoms with Crippen LogP contribution >= 0.6 is 23.2 Å². The molecule has 2 rings (SSSR count). The first-order valence-electron chi connectivity index (χ1n) is 4.95. The van der Waals surface area contributed by atoms with E-state index in [-0.39, 0.29) is 10.1 Å². The monoisotopic (exact) mass is 269 g/mol. The molecule has 1 aromatic rings. The van der Waals surface area contributed by atoms with Gasteiger partial charge in [-0.25, -0.2) is 4.90 Å². The van der Waals surface area contributed by atoms with Crippen LogP contribution in [0.15, 0.2) is 28.3 Å². The number of benzene rings is 1. The normalized spacial score (nSPS) is 16.1. The van der Waals surface area contributed by atoms with Gasteiger partial charge >= 0.3 is 0 Å². The zero-order chi connectivity index (χ0) is 12.7. The van der Waals surface area contributed by atoms with Gasteiger partial charge in [0.1, 0.15) is 10.1 Å². The number of aryl methyl sites for hydroxylation is 2. The smallest absolute Gasteiger partial charge is 0.267 e. The number of carbonyl (C=O) groups excluding carboxylic acids is 2. The Kier molecular flexibility index (Phi) is 2.98. The Bertz CT molecular complexity index is 540. The van der Waals surface area contributed by atoms with Crippen LogP contribution in [0.4, 0.5) is 5.69 Å². The van der Waals surface area contributed by atoms with Crippen molar-refractivity contribution in [1.82, 2.24) is 0 Å². The molecule has 1 aromatic carbocycles. The molecule has 2 amide bonds. The van der Waals surface area contributed by atoms with E-state index in [0.717, 1.165) is 16.0 Å². The molecule has 0 unspecified atom stereocenters. The lowest BCUT2D eigenvalue weighted by Crippen LogP contribution is -2.30. The number of rotatable bonds is 1. The Morgan fingerprint density at radius 1 is 0.941 bits per heavy atom. The van der Waals surface area contributed by atoms with Crippen molar-refractivity contribution in [3.8, 4) is 0 Å². The third kappa shape index (κ3) is 1.85. The third-order valence-electron chi connectivity index (χ3n) is 2.72. The van der Waals surface area contributed by atoms with Gasteiger partial charge in [-0.3, -0.25) is 9.59 Å². The first-order valence-corrected chi connectivity index (χ1v) is 5.70. The molecule has 5 heteroatoms. The molecule has 1 aliphatic rings. The highest BCUT2D eigenvalue weighted by atomic mass is 35.5. The highest BCUT2D eigenvalue weighted by molar-refractivity contribution is 6.62. The average molecular weight is 270 g/mol. The van der Waals surface area contributed by atoms with Crippen molar-refractivity contribution in [3.63, 3.8) is 0 Å². The lowest BCUT2D eigenvalue weighted by molar-refractivity contribution is -0.120. The van der Waals surface area contributed by atoms with E-state index >= 15 is 0 Å². The van der Waals surface area contributed by atoms with Crippen LogP contribution in [0.5, 0.6) is 0 Å². The molecule has 1 aliphatic heterocycles. The van der Waals surface area contributed by atoms with Crippen molar-refractivity contribution in [2.24, 2.45) is 0 Å². The van der Waals surface area contributed by atoms with E-state index in [2.05, 4.69) is 0 Å². The van der Waals surface area contributed by atoms with Crippen molar-refractivity contribution in [2.45, 2.75) is 13.8 Å². The molecular formula is C12H9Cl2NO2. The van der Waals surface area contributed by atoms with Gasteiger partial charge in [0.2, 0.25) is 0 Å². The quantitative estimate of drug-likeness (QED) is 0.736. The minimum absolute atomic E-state index is 0.227. The molecule has 0 bridgehead atoms. The highest BCUT2D eigenvalue weighted by Gasteiger charge is 2.37. The van der Waals surface area contributed by atoms with Crippen LogP contribution in [0.3, 0.4) is 0 Å². The summed E-state index contributed by atoms with van der Waals surface area (Å²) in [6, 6.07) is 5.29.